The second kappa shape index (κ2) is 7.24. The van der Waals surface area contributed by atoms with Crippen molar-refractivity contribution in [2.75, 3.05) is 7.11 Å². The number of benzene rings is 2. The first-order valence-electron chi connectivity index (χ1n) is 10.8. The molecule has 156 valence electrons. The Hall–Kier alpha value is -2.66. The van der Waals surface area contributed by atoms with E-state index < -0.39 is 5.60 Å². The number of methoxy groups -OCH3 is 1. The molecule has 2 atom stereocenters. The van der Waals surface area contributed by atoms with Crippen molar-refractivity contribution < 1.29 is 19.4 Å². The lowest BCUT2D eigenvalue weighted by Crippen LogP contribution is -2.61. The third-order valence-corrected chi connectivity index (χ3v) is 7.28. The highest BCUT2D eigenvalue weighted by molar-refractivity contribution is 6.13. The molecule has 30 heavy (non-hydrogen) atoms. The van der Waals surface area contributed by atoms with E-state index in [9.17, 15) is 14.7 Å². The molecule has 6 rings (SSSR count). The van der Waals surface area contributed by atoms with Crippen molar-refractivity contribution in [3.8, 4) is 5.75 Å². The molecular weight excluding hydrogens is 378 g/mol. The summed E-state index contributed by atoms with van der Waals surface area (Å²) in [6.07, 6.45) is 4.61. The van der Waals surface area contributed by atoms with Crippen LogP contribution < -0.4 is 10.1 Å². The Bertz CT molecular complexity index is 970. The number of ketones is 1. The molecule has 4 fully saturated rings. The van der Waals surface area contributed by atoms with Gasteiger partial charge in [0.1, 0.15) is 5.75 Å². The fraction of sp³-hybridized carbons (Fsp3) is 0.440. The normalized spacial score (nSPS) is 31.4. The van der Waals surface area contributed by atoms with Gasteiger partial charge < -0.3 is 15.2 Å². The molecule has 4 bridgehead atoms. The van der Waals surface area contributed by atoms with E-state index >= 15 is 0 Å². The number of nitrogens with one attached hydrogen (secondary N) is 1. The van der Waals surface area contributed by atoms with E-state index in [0.29, 0.717) is 40.2 Å². The number of carbonyl (C=O) groups is 2. The van der Waals surface area contributed by atoms with Gasteiger partial charge in [-0.15, -0.1) is 0 Å². The zero-order valence-corrected chi connectivity index (χ0v) is 17.1. The Morgan fingerprint density at radius 2 is 1.63 bits per heavy atom. The first-order chi connectivity index (χ1) is 14.5. The number of ether oxygens (including phenoxy) is 1. The van der Waals surface area contributed by atoms with Gasteiger partial charge in [0, 0.05) is 11.6 Å². The predicted octanol–water partition coefficient (Wildman–Crippen LogP) is 3.60. The second-order valence-corrected chi connectivity index (χ2v) is 9.28. The van der Waals surface area contributed by atoms with Crippen molar-refractivity contribution in [1.82, 2.24) is 5.32 Å². The summed E-state index contributed by atoms with van der Waals surface area (Å²) >= 11 is 0. The number of amides is 1. The molecular formula is C25H27NO4. The molecule has 5 heteroatoms. The zero-order valence-electron chi connectivity index (χ0n) is 17.1. The summed E-state index contributed by atoms with van der Waals surface area (Å²) in [7, 11) is 1.49. The molecule has 2 aromatic carbocycles. The molecule has 4 saturated carbocycles. The summed E-state index contributed by atoms with van der Waals surface area (Å²) in [5.41, 5.74) is 0.794. The van der Waals surface area contributed by atoms with Crippen LogP contribution in [0.5, 0.6) is 5.75 Å². The minimum atomic E-state index is -0.530. The molecule has 0 saturated heterocycles. The topological polar surface area (TPSA) is 75.6 Å². The third-order valence-electron chi connectivity index (χ3n) is 7.28. The van der Waals surface area contributed by atoms with Crippen molar-refractivity contribution >= 4 is 11.7 Å². The third kappa shape index (κ3) is 3.21. The Morgan fingerprint density at radius 1 is 0.967 bits per heavy atom. The molecule has 1 amide bonds. The maximum atomic E-state index is 13.2. The van der Waals surface area contributed by atoms with Crippen LogP contribution in [0.1, 0.15) is 58.4 Å². The van der Waals surface area contributed by atoms with Gasteiger partial charge in [-0.05, 0) is 62.0 Å². The van der Waals surface area contributed by atoms with Gasteiger partial charge in [0.2, 0.25) is 0 Å². The molecule has 4 aliphatic rings. The SMILES string of the molecule is COc1c(C(=O)NC2C3CC4CC2CC(O)(C4)C3)cccc1C(=O)c1ccccc1. The maximum Gasteiger partial charge on any atom is 0.255 e. The number of rotatable bonds is 5. The maximum absolute atomic E-state index is 13.2. The summed E-state index contributed by atoms with van der Waals surface area (Å²) in [5.74, 6) is 1.17. The lowest BCUT2D eigenvalue weighted by molar-refractivity contribution is -0.136. The van der Waals surface area contributed by atoms with E-state index in [1.165, 1.54) is 7.11 Å². The smallest absolute Gasteiger partial charge is 0.255 e. The van der Waals surface area contributed by atoms with E-state index in [1.54, 1.807) is 30.3 Å². The summed E-state index contributed by atoms with van der Waals surface area (Å²) < 4.78 is 5.54. The predicted molar refractivity (Wildman–Crippen MR) is 113 cm³/mol. The zero-order chi connectivity index (χ0) is 20.9. The second-order valence-electron chi connectivity index (χ2n) is 9.28. The quantitative estimate of drug-likeness (QED) is 0.746. The Morgan fingerprint density at radius 3 is 2.27 bits per heavy atom. The molecule has 4 aliphatic carbocycles. The Labute approximate surface area is 176 Å². The van der Waals surface area contributed by atoms with Gasteiger partial charge in [-0.1, -0.05) is 36.4 Å². The lowest BCUT2D eigenvalue weighted by Gasteiger charge is -2.58. The van der Waals surface area contributed by atoms with Gasteiger partial charge in [-0.3, -0.25) is 9.59 Å². The molecule has 0 radical (unpaired) electrons. The Kier molecular flexibility index (Phi) is 4.66. The van der Waals surface area contributed by atoms with E-state index in [-0.39, 0.29) is 17.7 Å². The van der Waals surface area contributed by atoms with Crippen LogP contribution in [0.2, 0.25) is 0 Å². The molecule has 2 N–H and O–H groups in total. The average molecular weight is 405 g/mol. The largest absolute Gasteiger partial charge is 0.495 e. The van der Waals surface area contributed by atoms with Crippen LogP contribution >= 0.6 is 0 Å². The lowest BCUT2D eigenvalue weighted by atomic mass is 9.52. The van der Waals surface area contributed by atoms with Gasteiger partial charge in [0.05, 0.1) is 23.8 Å². The highest BCUT2D eigenvalue weighted by atomic mass is 16.5. The van der Waals surface area contributed by atoms with Crippen LogP contribution in [0, 0.1) is 17.8 Å². The number of hydrogen-bond acceptors (Lipinski definition) is 4. The number of para-hydroxylation sites is 1. The molecule has 2 unspecified atom stereocenters. The van der Waals surface area contributed by atoms with E-state index in [2.05, 4.69) is 5.32 Å². The van der Waals surface area contributed by atoms with E-state index in [1.807, 2.05) is 18.2 Å². The van der Waals surface area contributed by atoms with Crippen LogP contribution in [0.25, 0.3) is 0 Å². The number of aliphatic hydroxyl groups is 1. The summed E-state index contributed by atoms with van der Waals surface area (Å²) in [6.45, 7) is 0. The first kappa shape index (κ1) is 19.3. The van der Waals surface area contributed by atoms with Crippen LogP contribution in [0.15, 0.2) is 48.5 Å². The standard InChI is InChI=1S/C25H27NO4/c1-30-23-19(22(27)16-6-3-2-4-7-16)8-5-9-20(23)24(28)26-21-17-10-15-11-18(21)14-25(29,12-15)13-17/h2-9,15,17-18,21,29H,10-14H2,1H3,(H,26,28). The van der Waals surface area contributed by atoms with Gasteiger partial charge in [0.25, 0.3) is 5.91 Å². The fourth-order valence-electron chi connectivity index (χ4n) is 6.31. The van der Waals surface area contributed by atoms with Crippen molar-refractivity contribution in [1.29, 1.82) is 0 Å². The van der Waals surface area contributed by atoms with Crippen molar-refractivity contribution in [3.63, 3.8) is 0 Å². The van der Waals surface area contributed by atoms with E-state index in [0.717, 1.165) is 32.1 Å². The van der Waals surface area contributed by atoms with Crippen LogP contribution in [0.4, 0.5) is 0 Å². The molecule has 5 nitrogen and oxygen atoms in total. The molecule has 2 aromatic rings. The van der Waals surface area contributed by atoms with Crippen LogP contribution in [-0.4, -0.2) is 35.5 Å². The van der Waals surface area contributed by atoms with Crippen LogP contribution in [0.3, 0.4) is 0 Å². The Balaban J connectivity index is 1.41. The molecule has 0 aliphatic heterocycles. The van der Waals surface area contributed by atoms with E-state index in [4.69, 9.17) is 4.74 Å². The van der Waals surface area contributed by atoms with Gasteiger partial charge in [-0.25, -0.2) is 0 Å². The van der Waals surface area contributed by atoms with Gasteiger partial charge in [0.15, 0.2) is 5.78 Å². The highest BCUT2D eigenvalue weighted by Gasteiger charge is 2.55. The average Bonchev–Trinajstić information content (AvgIpc) is 2.74. The number of hydrogen-bond donors (Lipinski definition) is 2. The van der Waals surface area contributed by atoms with Crippen molar-refractivity contribution in [2.45, 2.75) is 43.7 Å². The molecule has 0 heterocycles. The van der Waals surface area contributed by atoms with Crippen molar-refractivity contribution in [2.24, 2.45) is 17.8 Å². The first-order valence-corrected chi connectivity index (χ1v) is 10.8. The fourth-order valence-corrected chi connectivity index (χ4v) is 6.31. The minimum absolute atomic E-state index is 0.0764. The van der Waals surface area contributed by atoms with Crippen LogP contribution in [-0.2, 0) is 0 Å². The summed E-state index contributed by atoms with van der Waals surface area (Å²) in [5, 5.41) is 14.0. The van der Waals surface area contributed by atoms with Crippen molar-refractivity contribution in [3.05, 3.63) is 65.2 Å². The molecule has 0 aromatic heterocycles. The number of carbonyl (C=O) groups excluding carboxylic acids is 2. The highest BCUT2D eigenvalue weighted by Crippen LogP contribution is 2.55. The van der Waals surface area contributed by atoms with Gasteiger partial charge >= 0.3 is 0 Å². The minimum Gasteiger partial charge on any atom is -0.495 e. The summed E-state index contributed by atoms with van der Waals surface area (Å²) in [6, 6.07) is 14.2. The summed E-state index contributed by atoms with van der Waals surface area (Å²) in [4.78, 5) is 26.2. The van der Waals surface area contributed by atoms with Gasteiger partial charge in [-0.2, -0.15) is 0 Å². The monoisotopic (exact) mass is 405 g/mol. The molecule has 0 spiro atoms.